The van der Waals surface area contributed by atoms with Crippen LogP contribution in [0.5, 0.6) is 0 Å². The van der Waals surface area contributed by atoms with Crippen LogP contribution in [0.15, 0.2) is 54.6 Å². The Morgan fingerprint density at radius 1 is 1.17 bits per heavy atom. The van der Waals surface area contributed by atoms with Gasteiger partial charge in [0, 0.05) is 5.92 Å². The average Bonchev–Trinajstić information content (AvgIpc) is 3.04. The lowest BCUT2D eigenvalue weighted by Crippen LogP contribution is -2.30. The zero-order valence-corrected chi connectivity index (χ0v) is 12.4. The molecule has 2 aromatic rings. The number of halogens is 1. The fourth-order valence-electron chi connectivity index (χ4n) is 3.80. The molecule has 116 valence electrons. The first-order valence-corrected chi connectivity index (χ1v) is 7.70. The monoisotopic (exact) mass is 309 g/mol. The largest absolute Gasteiger partial charge is 0.478 e. The minimum absolute atomic E-state index is 0.0244. The number of carboxylic acid groups (broad SMARTS) is 1. The van der Waals surface area contributed by atoms with Crippen molar-refractivity contribution in [1.82, 2.24) is 0 Å². The number of hydrogen-bond donors (Lipinski definition) is 2. The Labute approximate surface area is 133 Å². The summed E-state index contributed by atoms with van der Waals surface area (Å²) in [5.41, 5.74) is 2.98. The van der Waals surface area contributed by atoms with Crippen LogP contribution in [0, 0.1) is 11.7 Å². The van der Waals surface area contributed by atoms with Gasteiger partial charge in [-0.3, -0.25) is 0 Å². The topological polar surface area (TPSA) is 49.3 Å². The van der Waals surface area contributed by atoms with E-state index in [0.29, 0.717) is 11.6 Å². The van der Waals surface area contributed by atoms with Gasteiger partial charge in [-0.15, -0.1) is 0 Å². The fourth-order valence-corrected chi connectivity index (χ4v) is 3.80. The number of fused-ring (bicyclic) bond motifs is 3. The summed E-state index contributed by atoms with van der Waals surface area (Å²) in [6, 6.07) is 11.8. The summed E-state index contributed by atoms with van der Waals surface area (Å²) >= 11 is 0. The smallest absolute Gasteiger partial charge is 0.337 e. The van der Waals surface area contributed by atoms with Gasteiger partial charge in [-0.1, -0.05) is 36.4 Å². The quantitative estimate of drug-likeness (QED) is 0.811. The lowest BCUT2D eigenvalue weighted by atomic mass is 9.76. The van der Waals surface area contributed by atoms with Gasteiger partial charge in [0.25, 0.3) is 0 Å². The summed E-state index contributed by atoms with van der Waals surface area (Å²) in [7, 11) is 0. The van der Waals surface area contributed by atoms with Crippen LogP contribution in [0.2, 0.25) is 0 Å². The lowest BCUT2D eigenvalue weighted by molar-refractivity contribution is 0.0697. The fraction of sp³-hybridized carbons (Fsp3) is 0.211. The van der Waals surface area contributed by atoms with Gasteiger partial charge in [0.15, 0.2) is 0 Å². The Bertz CT molecular complexity index is 798. The van der Waals surface area contributed by atoms with Crippen molar-refractivity contribution in [2.75, 3.05) is 5.32 Å². The maximum atomic E-state index is 13.2. The molecule has 1 aliphatic carbocycles. The molecule has 4 rings (SSSR count). The minimum atomic E-state index is -0.937. The molecule has 0 spiro atoms. The molecular formula is C19H16FNO2. The van der Waals surface area contributed by atoms with Gasteiger partial charge < -0.3 is 10.4 Å². The highest BCUT2D eigenvalue weighted by Crippen LogP contribution is 2.50. The Kier molecular flexibility index (Phi) is 3.18. The maximum Gasteiger partial charge on any atom is 0.337 e. The number of para-hydroxylation sites is 1. The highest BCUT2D eigenvalue weighted by molar-refractivity contribution is 5.95. The molecular weight excluding hydrogens is 293 g/mol. The third-order valence-electron chi connectivity index (χ3n) is 4.86. The molecule has 4 heteroatoms. The molecule has 0 amide bonds. The molecule has 0 unspecified atom stereocenters. The summed E-state index contributed by atoms with van der Waals surface area (Å²) in [6.07, 6.45) is 5.24. The molecule has 2 N–H and O–H groups in total. The number of carbonyl (C=O) groups is 1. The maximum absolute atomic E-state index is 13.2. The molecule has 0 saturated heterocycles. The SMILES string of the molecule is O=C(O)c1cccc2c1N[C@@H](c1ccc(F)cc1)[C@@H]1CC=C[C@H]21. The Balaban J connectivity index is 1.83. The van der Waals surface area contributed by atoms with E-state index in [2.05, 4.69) is 17.5 Å². The molecule has 0 bridgehead atoms. The molecule has 0 radical (unpaired) electrons. The number of hydrogen-bond acceptors (Lipinski definition) is 2. The number of allylic oxidation sites excluding steroid dienone is 2. The van der Waals surface area contributed by atoms with Gasteiger partial charge >= 0.3 is 5.97 Å². The lowest BCUT2D eigenvalue weighted by Gasteiger charge is -2.38. The van der Waals surface area contributed by atoms with Crippen molar-refractivity contribution in [2.45, 2.75) is 18.4 Å². The zero-order valence-electron chi connectivity index (χ0n) is 12.4. The molecule has 3 atom stereocenters. The van der Waals surface area contributed by atoms with Crippen molar-refractivity contribution in [3.8, 4) is 0 Å². The van der Waals surface area contributed by atoms with Crippen molar-refractivity contribution in [3.63, 3.8) is 0 Å². The van der Waals surface area contributed by atoms with Crippen molar-refractivity contribution >= 4 is 11.7 Å². The van der Waals surface area contributed by atoms with Crippen molar-refractivity contribution in [1.29, 1.82) is 0 Å². The molecule has 3 nitrogen and oxygen atoms in total. The van der Waals surface area contributed by atoms with Gasteiger partial charge in [0.2, 0.25) is 0 Å². The average molecular weight is 309 g/mol. The Hall–Kier alpha value is -2.62. The second kappa shape index (κ2) is 5.23. The molecule has 2 aromatic carbocycles. The number of rotatable bonds is 2. The predicted octanol–water partition coefficient (Wildman–Crippen LogP) is 4.35. The van der Waals surface area contributed by atoms with E-state index in [1.807, 2.05) is 6.07 Å². The van der Waals surface area contributed by atoms with Gasteiger partial charge in [-0.05, 0) is 41.7 Å². The Morgan fingerprint density at radius 3 is 2.70 bits per heavy atom. The van der Waals surface area contributed by atoms with Crippen LogP contribution in [0.1, 0.15) is 39.9 Å². The molecule has 0 aromatic heterocycles. The third-order valence-corrected chi connectivity index (χ3v) is 4.86. The number of anilines is 1. The summed E-state index contributed by atoms with van der Waals surface area (Å²) in [6.45, 7) is 0. The van der Waals surface area contributed by atoms with E-state index >= 15 is 0 Å². The van der Waals surface area contributed by atoms with Crippen molar-refractivity contribution in [3.05, 3.63) is 77.1 Å². The van der Waals surface area contributed by atoms with Crippen LogP contribution in [0.25, 0.3) is 0 Å². The van der Waals surface area contributed by atoms with E-state index in [0.717, 1.165) is 17.5 Å². The molecule has 2 aliphatic rings. The number of carboxylic acids is 1. The third kappa shape index (κ3) is 2.22. The summed E-state index contributed by atoms with van der Waals surface area (Å²) in [5.74, 6) is -0.692. The van der Waals surface area contributed by atoms with E-state index in [1.54, 1.807) is 24.3 Å². The van der Waals surface area contributed by atoms with Gasteiger partial charge in [0.05, 0.1) is 17.3 Å². The molecule has 23 heavy (non-hydrogen) atoms. The first kappa shape index (κ1) is 14.0. The van der Waals surface area contributed by atoms with Crippen LogP contribution >= 0.6 is 0 Å². The Morgan fingerprint density at radius 2 is 1.96 bits per heavy atom. The first-order valence-electron chi connectivity index (χ1n) is 7.70. The minimum Gasteiger partial charge on any atom is -0.478 e. The second-order valence-corrected chi connectivity index (χ2v) is 6.10. The van der Waals surface area contributed by atoms with Gasteiger partial charge in [0.1, 0.15) is 5.82 Å². The highest BCUT2D eigenvalue weighted by atomic mass is 19.1. The second-order valence-electron chi connectivity index (χ2n) is 6.10. The number of benzene rings is 2. The van der Waals surface area contributed by atoms with E-state index in [9.17, 15) is 14.3 Å². The van der Waals surface area contributed by atoms with Crippen molar-refractivity contribution in [2.24, 2.45) is 5.92 Å². The highest BCUT2D eigenvalue weighted by Gasteiger charge is 2.39. The van der Waals surface area contributed by atoms with Crippen LogP contribution in [0.4, 0.5) is 10.1 Å². The molecule has 1 aliphatic heterocycles. The summed E-state index contributed by atoms with van der Waals surface area (Å²) in [5, 5.41) is 12.9. The normalized spacial score (nSPS) is 24.7. The van der Waals surface area contributed by atoms with Crippen molar-refractivity contribution < 1.29 is 14.3 Å². The van der Waals surface area contributed by atoms with Crippen LogP contribution in [-0.4, -0.2) is 11.1 Å². The van der Waals surface area contributed by atoms with E-state index in [4.69, 9.17) is 0 Å². The van der Waals surface area contributed by atoms with Gasteiger partial charge in [-0.25, -0.2) is 9.18 Å². The standard InChI is InChI=1S/C19H16FNO2/c20-12-9-7-11(8-10-12)17-14-4-1-3-13(14)15-5-2-6-16(19(22)23)18(15)21-17/h1-3,5-10,13-14,17,21H,4H2,(H,22,23)/t13-,14+,17-/m0/s1. The first-order chi connectivity index (χ1) is 11.1. The summed E-state index contributed by atoms with van der Waals surface area (Å²) in [4.78, 5) is 11.5. The van der Waals surface area contributed by atoms with E-state index in [-0.39, 0.29) is 23.3 Å². The summed E-state index contributed by atoms with van der Waals surface area (Å²) < 4.78 is 13.2. The van der Waals surface area contributed by atoms with Crippen LogP contribution < -0.4 is 5.32 Å². The van der Waals surface area contributed by atoms with Crippen LogP contribution in [-0.2, 0) is 0 Å². The molecule has 1 heterocycles. The predicted molar refractivity (Wildman–Crippen MR) is 86.2 cm³/mol. The van der Waals surface area contributed by atoms with E-state index < -0.39 is 5.97 Å². The van der Waals surface area contributed by atoms with E-state index in [1.165, 1.54) is 12.1 Å². The molecule has 0 saturated carbocycles. The van der Waals surface area contributed by atoms with Crippen LogP contribution in [0.3, 0.4) is 0 Å². The van der Waals surface area contributed by atoms with Gasteiger partial charge in [-0.2, -0.15) is 0 Å². The number of aromatic carboxylic acids is 1. The zero-order chi connectivity index (χ0) is 16.0. The number of nitrogens with one attached hydrogen (secondary N) is 1. The molecule has 0 fully saturated rings.